The number of β-amino-alcohol motifs (C(OH)–C–C–N with tert-alkyl or cyclic N) is 2. The van der Waals surface area contributed by atoms with E-state index in [4.69, 9.17) is 19.7 Å². The number of aliphatic hydroxyl groups excluding tert-OH is 2. The number of amides is 2. The number of carbonyl (C=O) groups excluding carboxylic acids is 1. The zero-order valence-electron chi connectivity index (χ0n) is 9.50. The number of hydrogen-bond donors (Lipinski definition) is 2. The lowest BCUT2D eigenvalue weighted by Gasteiger charge is -2.24. The topological polar surface area (TPSA) is 82.5 Å². The third kappa shape index (κ3) is 2.27. The van der Waals surface area contributed by atoms with Crippen LogP contribution in [-0.2, 0) is 9.47 Å². The van der Waals surface area contributed by atoms with Crippen molar-refractivity contribution in [3.63, 3.8) is 0 Å². The monoisotopic (exact) mass is 234 g/mol. The second-order valence-corrected chi connectivity index (χ2v) is 3.37. The molecule has 2 unspecified atom stereocenters. The standard InChI is InChI=1S/C9H18N2O5/c1-15-7-8(16-2)11(4-6-13)9(14)10(7)3-5-12/h7-8,12-13H,3-6H2,1-2H3. The Morgan fingerprint density at radius 2 is 1.44 bits per heavy atom. The molecule has 94 valence electrons. The predicted molar refractivity (Wildman–Crippen MR) is 54.6 cm³/mol. The van der Waals surface area contributed by atoms with Crippen molar-refractivity contribution in [2.75, 3.05) is 40.5 Å². The molecule has 1 saturated heterocycles. The van der Waals surface area contributed by atoms with Crippen LogP contribution in [0.5, 0.6) is 0 Å². The molecule has 1 aliphatic rings. The van der Waals surface area contributed by atoms with Gasteiger partial charge in [-0.2, -0.15) is 0 Å². The van der Waals surface area contributed by atoms with Crippen molar-refractivity contribution >= 4 is 6.03 Å². The second-order valence-electron chi connectivity index (χ2n) is 3.37. The van der Waals surface area contributed by atoms with E-state index in [9.17, 15) is 4.79 Å². The Morgan fingerprint density at radius 1 is 1.06 bits per heavy atom. The van der Waals surface area contributed by atoms with Gasteiger partial charge in [-0.3, -0.25) is 9.80 Å². The molecule has 1 fully saturated rings. The van der Waals surface area contributed by atoms with Gasteiger partial charge in [0, 0.05) is 27.3 Å². The lowest BCUT2D eigenvalue weighted by Crippen LogP contribution is -2.41. The molecule has 7 nitrogen and oxygen atoms in total. The first-order valence-corrected chi connectivity index (χ1v) is 5.05. The number of methoxy groups -OCH3 is 2. The van der Waals surface area contributed by atoms with Crippen molar-refractivity contribution in [2.45, 2.75) is 12.5 Å². The molecule has 0 spiro atoms. The van der Waals surface area contributed by atoms with Crippen molar-refractivity contribution in [2.24, 2.45) is 0 Å². The Bertz CT molecular complexity index is 216. The van der Waals surface area contributed by atoms with E-state index in [1.807, 2.05) is 0 Å². The summed E-state index contributed by atoms with van der Waals surface area (Å²) in [5, 5.41) is 17.7. The van der Waals surface area contributed by atoms with E-state index in [-0.39, 0.29) is 32.3 Å². The Labute approximate surface area is 94.1 Å². The summed E-state index contributed by atoms with van der Waals surface area (Å²) in [5.74, 6) is 0. The normalized spacial score (nSPS) is 25.6. The fraction of sp³-hybridized carbons (Fsp3) is 0.889. The summed E-state index contributed by atoms with van der Waals surface area (Å²) in [6.07, 6.45) is -1.12. The molecule has 0 aromatic rings. The van der Waals surface area contributed by atoms with Crippen LogP contribution >= 0.6 is 0 Å². The highest BCUT2D eigenvalue weighted by Gasteiger charge is 2.45. The maximum absolute atomic E-state index is 11.9. The summed E-state index contributed by atoms with van der Waals surface area (Å²) in [6.45, 7) is 0.0717. The average Bonchev–Trinajstić information content (AvgIpc) is 2.54. The molecular formula is C9H18N2O5. The highest BCUT2D eigenvalue weighted by molar-refractivity contribution is 5.77. The highest BCUT2D eigenvalue weighted by atomic mass is 16.6. The Balaban J connectivity index is 2.83. The highest BCUT2D eigenvalue weighted by Crippen LogP contribution is 2.23. The van der Waals surface area contributed by atoms with Crippen LogP contribution < -0.4 is 0 Å². The fourth-order valence-corrected chi connectivity index (χ4v) is 1.84. The van der Waals surface area contributed by atoms with Gasteiger partial charge in [-0.25, -0.2) is 4.79 Å². The van der Waals surface area contributed by atoms with E-state index in [0.717, 1.165) is 0 Å². The fourth-order valence-electron chi connectivity index (χ4n) is 1.84. The molecule has 1 rings (SSSR count). The predicted octanol–water partition coefficient (Wildman–Crippen LogP) is -1.35. The van der Waals surface area contributed by atoms with Gasteiger partial charge < -0.3 is 19.7 Å². The number of ether oxygens (including phenoxy) is 2. The van der Waals surface area contributed by atoms with Crippen molar-refractivity contribution in [3.8, 4) is 0 Å². The van der Waals surface area contributed by atoms with Crippen LogP contribution in [-0.4, -0.2) is 79.0 Å². The molecule has 1 aliphatic heterocycles. The molecule has 2 atom stereocenters. The molecule has 0 saturated carbocycles. The molecule has 1 heterocycles. The quantitative estimate of drug-likeness (QED) is 0.594. The smallest absolute Gasteiger partial charge is 0.324 e. The summed E-state index contributed by atoms with van der Waals surface area (Å²) >= 11 is 0. The molecule has 7 heteroatoms. The summed E-state index contributed by atoms with van der Waals surface area (Å²) in [7, 11) is 2.94. The molecule has 0 aromatic carbocycles. The Morgan fingerprint density at radius 3 is 1.69 bits per heavy atom. The molecule has 2 amide bonds. The Kier molecular flexibility index (Phi) is 4.94. The van der Waals surface area contributed by atoms with Crippen molar-refractivity contribution in [1.29, 1.82) is 0 Å². The molecule has 0 radical (unpaired) electrons. The minimum atomic E-state index is -0.559. The van der Waals surface area contributed by atoms with E-state index in [1.54, 1.807) is 0 Å². The minimum absolute atomic E-state index is 0.144. The van der Waals surface area contributed by atoms with Gasteiger partial charge in [0.15, 0.2) is 12.5 Å². The largest absolute Gasteiger partial charge is 0.395 e. The molecule has 2 N–H and O–H groups in total. The minimum Gasteiger partial charge on any atom is -0.395 e. The second kappa shape index (κ2) is 6.00. The van der Waals surface area contributed by atoms with Crippen molar-refractivity contribution in [3.05, 3.63) is 0 Å². The lowest BCUT2D eigenvalue weighted by molar-refractivity contribution is -0.109. The maximum Gasteiger partial charge on any atom is 0.324 e. The molecule has 0 aromatic heterocycles. The number of aliphatic hydroxyl groups is 2. The maximum atomic E-state index is 11.9. The van der Waals surface area contributed by atoms with Gasteiger partial charge in [0.2, 0.25) is 0 Å². The Hall–Kier alpha value is -0.890. The molecule has 0 bridgehead atoms. The number of hydrogen-bond acceptors (Lipinski definition) is 5. The van der Waals surface area contributed by atoms with Crippen LogP contribution in [0.15, 0.2) is 0 Å². The van der Waals surface area contributed by atoms with Gasteiger partial charge in [-0.1, -0.05) is 0 Å². The number of rotatable bonds is 6. The molecule has 0 aliphatic carbocycles. The van der Waals surface area contributed by atoms with E-state index < -0.39 is 12.5 Å². The van der Waals surface area contributed by atoms with Gasteiger partial charge >= 0.3 is 6.03 Å². The summed E-state index contributed by atoms with van der Waals surface area (Å²) in [6, 6.07) is -0.304. The van der Waals surface area contributed by atoms with Gasteiger partial charge in [0.05, 0.1) is 13.2 Å². The van der Waals surface area contributed by atoms with Gasteiger partial charge in [0.1, 0.15) is 0 Å². The van der Waals surface area contributed by atoms with Crippen LogP contribution in [0.25, 0.3) is 0 Å². The van der Waals surface area contributed by atoms with E-state index >= 15 is 0 Å². The van der Waals surface area contributed by atoms with Gasteiger partial charge in [-0.05, 0) is 0 Å². The van der Waals surface area contributed by atoms with Gasteiger partial charge in [-0.15, -0.1) is 0 Å². The van der Waals surface area contributed by atoms with Crippen LogP contribution in [0, 0.1) is 0 Å². The first-order chi connectivity index (χ1) is 7.71. The number of nitrogens with zero attached hydrogens (tertiary/aromatic N) is 2. The molecular weight excluding hydrogens is 216 g/mol. The lowest BCUT2D eigenvalue weighted by atomic mass is 10.4. The SMILES string of the molecule is COC1C(OC)N(CCO)C(=O)N1CCO. The zero-order chi connectivity index (χ0) is 12.1. The van der Waals surface area contributed by atoms with Crippen LogP contribution in [0.4, 0.5) is 4.79 Å². The number of urea groups is 1. The first kappa shape index (κ1) is 13.2. The van der Waals surface area contributed by atoms with Crippen LogP contribution in [0.2, 0.25) is 0 Å². The number of carbonyl (C=O) groups is 1. The van der Waals surface area contributed by atoms with Crippen molar-refractivity contribution in [1.82, 2.24) is 9.80 Å². The third-order valence-corrected chi connectivity index (χ3v) is 2.51. The summed E-state index contributed by atoms with van der Waals surface area (Å²) in [4.78, 5) is 14.7. The van der Waals surface area contributed by atoms with Crippen molar-refractivity contribution < 1.29 is 24.5 Å². The van der Waals surface area contributed by atoms with E-state index in [0.29, 0.717) is 0 Å². The van der Waals surface area contributed by atoms with Crippen LogP contribution in [0.3, 0.4) is 0 Å². The van der Waals surface area contributed by atoms with E-state index in [1.165, 1.54) is 24.0 Å². The van der Waals surface area contributed by atoms with Gasteiger partial charge in [0.25, 0.3) is 0 Å². The zero-order valence-corrected chi connectivity index (χ0v) is 9.50. The van der Waals surface area contributed by atoms with E-state index in [2.05, 4.69) is 0 Å². The summed E-state index contributed by atoms with van der Waals surface area (Å²) in [5.41, 5.74) is 0. The third-order valence-electron chi connectivity index (χ3n) is 2.51. The first-order valence-electron chi connectivity index (χ1n) is 5.05. The summed E-state index contributed by atoms with van der Waals surface area (Å²) < 4.78 is 10.3. The molecule has 16 heavy (non-hydrogen) atoms. The average molecular weight is 234 g/mol. The van der Waals surface area contributed by atoms with Crippen LogP contribution in [0.1, 0.15) is 0 Å².